The summed E-state index contributed by atoms with van der Waals surface area (Å²) in [4.78, 5) is 0. The van der Waals surface area contributed by atoms with Crippen molar-refractivity contribution in [3.05, 3.63) is 194 Å². The molecule has 0 aliphatic heterocycles. The highest BCUT2D eigenvalue weighted by atomic mass is 32.1. The summed E-state index contributed by atoms with van der Waals surface area (Å²) < 4.78 is 14.1. The minimum Gasteiger partial charge on any atom is -0.454 e. The predicted octanol–water partition coefficient (Wildman–Crippen LogP) is 15.5. The largest absolute Gasteiger partial charge is 0.454 e. The Kier molecular flexibility index (Phi) is 6.60. The zero-order chi connectivity index (χ0) is 37.9. The zero-order valence-electron chi connectivity index (χ0n) is 31.2. The van der Waals surface area contributed by atoms with Crippen molar-refractivity contribution in [2.75, 3.05) is 0 Å². The summed E-state index contributed by atoms with van der Waals surface area (Å²) in [5.74, 6) is 0. The molecule has 0 fully saturated rings. The van der Waals surface area contributed by atoms with Crippen molar-refractivity contribution in [1.29, 1.82) is 0 Å². The molecule has 58 heavy (non-hydrogen) atoms. The van der Waals surface area contributed by atoms with Crippen LogP contribution in [0.25, 0.3) is 119 Å². The molecule has 0 atom stereocenters. The Bertz CT molecular complexity index is 3800. The van der Waals surface area contributed by atoms with Crippen molar-refractivity contribution in [1.82, 2.24) is 9.13 Å². The fourth-order valence-corrected chi connectivity index (χ4v) is 10.6. The van der Waals surface area contributed by atoms with Gasteiger partial charge in [0.05, 0.1) is 27.8 Å². The van der Waals surface area contributed by atoms with Crippen LogP contribution >= 0.6 is 11.3 Å². The van der Waals surface area contributed by atoms with Gasteiger partial charge in [-0.15, -0.1) is 11.3 Å². The summed E-state index contributed by atoms with van der Waals surface area (Å²) in [5.41, 5.74) is 13.4. The highest BCUT2D eigenvalue weighted by Crippen LogP contribution is 2.45. The molecule has 0 saturated heterocycles. The number of furan rings is 1. The third-order valence-corrected chi connectivity index (χ3v) is 13.3. The molecule has 3 nitrogen and oxygen atoms in total. The molecule has 13 rings (SSSR count). The van der Waals surface area contributed by atoms with Crippen molar-refractivity contribution < 1.29 is 4.42 Å². The van der Waals surface area contributed by atoms with Gasteiger partial charge in [-0.05, 0) is 89.0 Å². The van der Waals surface area contributed by atoms with E-state index in [4.69, 9.17) is 4.42 Å². The average Bonchev–Trinajstić information content (AvgIpc) is 4.03. The highest BCUT2D eigenvalue weighted by molar-refractivity contribution is 7.25. The van der Waals surface area contributed by atoms with Crippen molar-refractivity contribution in [3.8, 4) is 33.6 Å². The van der Waals surface area contributed by atoms with Gasteiger partial charge in [-0.1, -0.05) is 127 Å². The lowest BCUT2D eigenvalue weighted by Crippen LogP contribution is -1.96. The molecule has 0 radical (unpaired) electrons. The number of benzene rings is 9. The van der Waals surface area contributed by atoms with E-state index >= 15 is 0 Å². The van der Waals surface area contributed by atoms with Crippen molar-refractivity contribution in [3.63, 3.8) is 0 Å². The van der Waals surface area contributed by atoms with Gasteiger partial charge in [0.25, 0.3) is 0 Å². The molecule has 0 amide bonds. The maximum absolute atomic E-state index is 6.64. The molecular weight excluding hydrogens is 725 g/mol. The van der Waals surface area contributed by atoms with Crippen LogP contribution in [0.4, 0.5) is 0 Å². The number of thiophene rings is 1. The second-order valence-electron chi connectivity index (χ2n) is 15.2. The Labute approximate surface area is 336 Å². The van der Waals surface area contributed by atoms with Crippen LogP contribution in [0.3, 0.4) is 0 Å². The number of hydrogen-bond donors (Lipinski definition) is 0. The molecule has 0 aliphatic carbocycles. The van der Waals surface area contributed by atoms with Crippen LogP contribution in [0.1, 0.15) is 0 Å². The van der Waals surface area contributed by atoms with Crippen LogP contribution in [0.5, 0.6) is 0 Å². The van der Waals surface area contributed by atoms with E-state index in [0.717, 1.165) is 38.7 Å². The van der Waals surface area contributed by atoms with Crippen LogP contribution in [-0.2, 0) is 0 Å². The number of para-hydroxylation sites is 4. The zero-order valence-corrected chi connectivity index (χ0v) is 32.0. The van der Waals surface area contributed by atoms with Gasteiger partial charge in [-0.3, -0.25) is 0 Å². The summed E-state index contributed by atoms with van der Waals surface area (Å²) in [6, 6.07) is 70.8. The minimum absolute atomic E-state index is 0.892. The first-order chi connectivity index (χ1) is 28.8. The smallest absolute Gasteiger partial charge is 0.159 e. The van der Waals surface area contributed by atoms with Gasteiger partial charge in [0.1, 0.15) is 5.58 Å². The fraction of sp³-hybridized carbons (Fsp3) is 0. The molecule has 9 aromatic carbocycles. The monoisotopic (exact) mass is 756 g/mol. The van der Waals surface area contributed by atoms with E-state index in [0.29, 0.717) is 0 Å². The van der Waals surface area contributed by atoms with Crippen LogP contribution in [0, 0.1) is 0 Å². The van der Waals surface area contributed by atoms with Gasteiger partial charge in [-0.2, -0.15) is 0 Å². The van der Waals surface area contributed by atoms with E-state index in [2.05, 4.69) is 197 Å². The Hall–Kier alpha value is -7.40. The van der Waals surface area contributed by atoms with E-state index in [1.54, 1.807) is 0 Å². The van der Waals surface area contributed by atoms with Crippen molar-refractivity contribution >= 4 is 97.1 Å². The minimum atomic E-state index is 0.892. The lowest BCUT2D eigenvalue weighted by molar-refractivity contribution is 0.666. The molecule has 0 N–H and O–H groups in total. The van der Waals surface area contributed by atoms with Gasteiger partial charge < -0.3 is 13.6 Å². The number of rotatable bonds is 4. The van der Waals surface area contributed by atoms with Crippen LogP contribution in [-0.4, -0.2) is 9.13 Å². The summed E-state index contributed by atoms with van der Waals surface area (Å²) >= 11 is 1.86. The Morgan fingerprint density at radius 3 is 1.84 bits per heavy atom. The van der Waals surface area contributed by atoms with Gasteiger partial charge in [-0.25, -0.2) is 0 Å². The van der Waals surface area contributed by atoms with E-state index in [9.17, 15) is 0 Å². The van der Waals surface area contributed by atoms with Crippen molar-refractivity contribution in [2.24, 2.45) is 0 Å². The molecule has 0 saturated carbocycles. The molecular formula is C54H32N2OS. The second kappa shape index (κ2) is 12.1. The van der Waals surface area contributed by atoms with Crippen molar-refractivity contribution in [2.45, 2.75) is 0 Å². The molecule has 0 bridgehead atoms. The topological polar surface area (TPSA) is 23.0 Å². The normalized spacial score (nSPS) is 12.1. The number of aromatic nitrogens is 2. The van der Waals surface area contributed by atoms with Gasteiger partial charge in [0, 0.05) is 58.2 Å². The molecule has 0 unspecified atom stereocenters. The number of hydrogen-bond acceptors (Lipinski definition) is 2. The second-order valence-corrected chi connectivity index (χ2v) is 16.3. The fourth-order valence-electron chi connectivity index (χ4n) is 9.55. The van der Waals surface area contributed by atoms with Gasteiger partial charge in [0.15, 0.2) is 5.58 Å². The van der Waals surface area contributed by atoms with Crippen LogP contribution < -0.4 is 0 Å². The first kappa shape index (κ1) is 31.8. The first-order valence-corrected chi connectivity index (χ1v) is 20.6. The molecule has 270 valence electrons. The van der Waals surface area contributed by atoms with E-state index < -0.39 is 0 Å². The van der Waals surface area contributed by atoms with E-state index in [-0.39, 0.29) is 0 Å². The summed E-state index contributed by atoms with van der Waals surface area (Å²) in [5, 5.41) is 9.76. The average molecular weight is 757 g/mol. The lowest BCUT2D eigenvalue weighted by Gasteiger charge is -2.15. The number of nitrogens with zero attached hydrogens (tertiary/aromatic N) is 2. The summed E-state index contributed by atoms with van der Waals surface area (Å²) in [7, 11) is 0. The van der Waals surface area contributed by atoms with E-state index in [1.165, 1.54) is 80.7 Å². The lowest BCUT2D eigenvalue weighted by atomic mass is 9.92. The molecule has 13 aromatic rings. The third kappa shape index (κ3) is 4.49. The Morgan fingerprint density at radius 2 is 0.983 bits per heavy atom. The predicted molar refractivity (Wildman–Crippen MR) is 246 cm³/mol. The maximum atomic E-state index is 6.64. The molecule has 0 aliphatic rings. The molecule has 4 aromatic heterocycles. The summed E-state index contributed by atoms with van der Waals surface area (Å²) in [6.45, 7) is 0. The van der Waals surface area contributed by atoms with E-state index in [1.807, 2.05) is 17.4 Å². The van der Waals surface area contributed by atoms with Gasteiger partial charge in [0.2, 0.25) is 0 Å². The Morgan fingerprint density at radius 1 is 0.345 bits per heavy atom. The molecule has 4 heteroatoms. The maximum Gasteiger partial charge on any atom is 0.159 e. The SMILES string of the molecule is c1ccc(-c2cc3c(cc2-c2ccc4c5ccccc5n(-c5ccc6sc7ccccc7c6c5)c4c2)c2ccccc2n3-c2cccc3c2oc2ccccc23)cc1. The van der Waals surface area contributed by atoms with Gasteiger partial charge >= 0.3 is 0 Å². The third-order valence-electron chi connectivity index (χ3n) is 12.1. The first-order valence-electron chi connectivity index (χ1n) is 19.8. The Balaban J connectivity index is 1.10. The molecule has 0 spiro atoms. The standard InChI is InChI=1S/C54H32N2OS/c1-2-13-33(14-3-1)43-32-50-44(37-16-5-9-21-47(37)56(50)48-22-12-19-41-39-17-6-10-23-51(39)57-54(41)48)31-42(43)34-25-27-38-36-15-4-8-20-46(36)55(49(38)29-34)35-26-28-53-45(30-35)40-18-7-11-24-52(40)58-53/h1-32H. The summed E-state index contributed by atoms with van der Waals surface area (Å²) in [6.07, 6.45) is 0. The van der Waals surface area contributed by atoms with Crippen LogP contribution in [0.2, 0.25) is 0 Å². The van der Waals surface area contributed by atoms with Crippen LogP contribution in [0.15, 0.2) is 199 Å². The number of fused-ring (bicyclic) bond motifs is 12. The highest BCUT2D eigenvalue weighted by Gasteiger charge is 2.22. The molecule has 4 heterocycles. The quantitative estimate of drug-likeness (QED) is 0.175.